The number of ether oxygens (including phenoxy) is 1. The lowest BCUT2D eigenvalue weighted by Crippen LogP contribution is -2.39. The van der Waals surface area contributed by atoms with Gasteiger partial charge in [0.05, 0.1) is 29.0 Å². The average Bonchev–Trinajstić information content (AvgIpc) is 3.04. The zero-order valence-electron chi connectivity index (χ0n) is 16.1. The minimum absolute atomic E-state index is 0.257. The fraction of sp³-hybridized carbons (Fsp3) is 0.136. The predicted octanol–water partition coefficient (Wildman–Crippen LogP) is 3.72. The van der Waals surface area contributed by atoms with Crippen molar-refractivity contribution in [2.45, 2.75) is 13.0 Å². The number of hydrogen-bond acceptors (Lipinski definition) is 5. The standard InChI is InChI=1S/C22H16Cl2N2O3S/c1-12-18(21(28)29-2)19(13-6-4-3-5-7-13)26-20(27)17(30-22(26)25-12)10-14-8-9-15(23)11-16(14)24/h3-11,19H,1-2H3/b17-10-. The summed E-state index contributed by atoms with van der Waals surface area (Å²) in [7, 11) is 1.32. The summed E-state index contributed by atoms with van der Waals surface area (Å²) >= 11 is 13.5. The van der Waals surface area contributed by atoms with Crippen molar-refractivity contribution in [3.63, 3.8) is 0 Å². The minimum Gasteiger partial charge on any atom is -0.466 e. The topological polar surface area (TPSA) is 60.7 Å². The van der Waals surface area contributed by atoms with E-state index >= 15 is 0 Å². The molecular formula is C22H16Cl2N2O3S. The van der Waals surface area contributed by atoms with Gasteiger partial charge in [0.2, 0.25) is 0 Å². The summed E-state index contributed by atoms with van der Waals surface area (Å²) < 4.78 is 6.98. The first-order valence-electron chi connectivity index (χ1n) is 9.01. The third-order valence-corrected chi connectivity index (χ3v) is 6.34. The zero-order valence-corrected chi connectivity index (χ0v) is 18.4. The average molecular weight is 459 g/mol. The van der Waals surface area contributed by atoms with Crippen molar-refractivity contribution in [1.82, 2.24) is 4.57 Å². The number of thiazole rings is 1. The highest BCUT2D eigenvalue weighted by atomic mass is 35.5. The van der Waals surface area contributed by atoms with E-state index in [1.165, 1.54) is 23.0 Å². The Hall–Kier alpha value is -2.67. The summed E-state index contributed by atoms with van der Waals surface area (Å²) in [5, 5.41) is 0.959. The minimum atomic E-state index is -0.627. The summed E-state index contributed by atoms with van der Waals surface area (Å²) in [6.45, 7) is 1.75. The molecule has 0 radical (unpaired) electrons. The van der Waals surface area contributed by atoms with Gasteiger partial charge in [-0.25, -0.2) is 9.79 Å². The number of hydrogen-bond donors (Lipinski definition) is 0. The van der Waals surface area contributed by atoms with Crippen molar-refractivity contribution in [2.75, 3.05) is 7.11 Å². The van der Waals surface area contributed by atoms with Crippen LogP contribution in [0.2, 0.25) is 10.0 Å². The largest absolute Gasteiger partial charge is 0.466 e. The molecule has 0 saturated carbocycles. The van der Waals surface area contributed by atoms with Crippen molar-refractivity contribution < 1.29 is 9.53 Å². The molecule has 4 rings (SSSR count). The van der Waals surface area contributed by atoms with E-state index in [0.29, 0.717) is 36.2 Å². The van der Waals surface area contributed by atoms with Crippen LogP contribution in [0, 0.1) is 0 Å². The first-order chi connectivity index (χ1) is 14.4. The highest BCUT2D eigenvalue weighted by molar-refractivity contribution is 7.07. The Balaban J connectivity index is 1.98. The van der Waals surface area contributed by atoms with Gasteiger partial charge in [-0.05, 0) is 36.3 Å². The van der Waals surface area contributed by atoms with Crippen molar-refractivity contribution >= 4 is 46.6 Å². The van der Waals surface area contributed by atoms with Gasteiger partial charge in [-0.15, -0.1) is 0 Å². The highest BCUT2D eigenvalue weighted by Gasteiger charge is 2.32. The Morgan fingerprint density at radius 3 is 2.60 bits per heavy atom. The normalized spacial score (nSPS) is 16.3. The Morgan fingerprint density at radius 1 is 1.20 bits per heavy atom. The van der Waals surface area contributed by atoms with Gasteiger partial charge in [0.15, 0.2) is 4.80 Å². The third kappa shape index (κ3) is 3.62. The number of nitrogens with zero attached hydrogens (tertiary/aromatic N) is 2. The van der Waals surface area contributed by atoms with Crippen LogP contribution in [0.25, 0.3) is 6.08 Å². The lowest BCUT2D eigenvalue weighted by molar-refractivity contribution is -0.136. The van der Waals surface area contributed by atoms with Gasteiger partial charge in [0.1, 0.15) is 0 Å². The van der Waals surface area contributed by atoms with Gasteiger partial charge in [0, 0.05) is 10.0 Å². The molecular weight excluding hydrogens is 443 g/mol. The van der Waals surface area contributed by atoms with Crippen molar-refractivity contribution in [3.8, 4) is 0 Å². The maximum absolute atomic E-state index is 13.4. The molecule has 3 aromatic rings. The first-order valence-corrected chi connectivity index (χ1v) is 10.6. The summed E-state index contributed by atoms with van der Waals surface area (Å²) in [4.78, 5) is 31.0. The molecule has 0 fully saturated rings. The molecule has 1 unspecified atom stereocenters. The predicted molar refractivity (Wildman–Crippen MR) is 119 cm³/mol. The van der Waals surface area contributed by atoms with E-state index in [1.807, 2.05) is 30.3 Å². The molecule has 2 heterocycles. The lowest BCUT2D eigenvalue weighted by atomic mass is 9.96. The van der Waals surface area contributed by atoms with E-state index in [0.717, 1.165) is 5.56 Å². The first kappa shape index (κ1) is 20.6. The van der Waals surface area contributed by atoms with Crippen LogP contribution in [0.5, 0.6) is 0 Å². The molecule has 0 amide bonds. The van der Waals surface area contributed by atoms with Gasteiger partial charge < -0.3 is 4.74 Å². The van der Waals surface area contributed by atoms with Crippen LogP contribution in [-0.2, 0) is 9.53 Å². The molecule has 1 aliphatic heterocycles. The Bertz CT molecular complexity index is 1360. The SMILES string of the molecule is COC(=O)C1=C(C)N=c2s/c(=C\c3ccc(Cl)cc3Cl)c(=O)n2C1c1ccccc1. The maximum Gasteiger partial charge on any atom is 0.338 e. The molecule has 8 heteroatoms. The quantitative estimate of drug-likeness (QED) is 0.561. The Morgan fingerprint density at radius 2 is 1.93 bits per heavy atom. The van der Waals surface area contributed by atoms with E-state index in [2.05, 4.69) is 4.99 Å². The fourth-order valence-electron chi connectivity index (χ4n) is 3.40. The van der Waals surface area contributed by atoms with E-state index in [9.17, 15) is 9.59 Å². The molecule has 0 spiro atoms. The molecule has 152 valence electrons. The number of aromatic nitrogens is 1. The second-order valence-electron chi connectivity index (χ2n) is 6.65. The van der Waals surface area contributed by atoms with E-state index in [4.69, 9.17) is 27.9 Å². The van der Waals surface area contributed by atoms with Crippen molar-refractivity contribution in [2.24, 2.45) is 4.99 Å². The van der Waals surface area contributed by atoms with Gasteiger partial charge in [-0.3, -0.25) is 9.36 Å². The van der Waals surface area contributed by atoms with Crippen LogP contribution in [0.15, 0.2) is 69.6 Å². The van der Waals surface area contributed by atoms with Crippen LogP contribution in [0.3, 0.4) is 0 Å². The fourth-order valence-corrected chi connectivity index (χ4v) is 4.90. The molecule has 0 aliphatic carbocycles. The molecule has 5 nitrogen and oxygen atoms in total. The number of carbonyl (C=O) groups is 1. The molecule has 0 saturated heterocycles. The zero-order chi connectivity index (χ0) is 21.4. The number of esters is 1. The number of carbonyl (C=O) groups excluding carboxylic acids is 1. The Kier molecular flexibility index (Phi) is 5.64. The smallest absolute Gasteiger partial charge is 0.338 e. The number of fused-ring (bicyclic) bond motifs is 1. The summed E-state index contributed by atoms with van der Waals surface area (Å²) in [5.74, 6) is -0.514. The molecule has 0 N–H and O–H groups in total. The summed E-state index contributed by atoms with van der Waals surface area (Å²) in [6, 6.07) is 13.8. The number of halogens is 2. The lowest BCUT2D eigenvalue weighted by Gasteiger charge is -2.24. The van der Waals surface area contributed by atoms with Crippen LogP contribution in [0.4, 0.5) is 0 Å². The van der Waals surface area contributed by atoms with Crippen LogP contribution in [0.1, 0.15) is 24.1 Å². The van der Waals surface area contributed by atoms with Crippen LogP contribution < -0.4 is 14.9 Å². The molecule has 0 bridgehead atoms. The monoisotopic (exact) mass is 458 g/mol. The second kappa shape index (κ2) is 8.22. The molecule has 30 heavy (non-hydrogen) atoms. The van der Waals surface area contributed by atoms with Gasteiger partial charge in [0.25, 0.3) is 5.56 Å². The Labute approximate surface area is 186 Å². The number of methoxy groups -OCH3 is 1. The van der Waals surface area contributed by atoms with Crippen LogP contribution in [-0.4, -0.2) is 17.6 Å². The van der Waals surface area contributed by atoms with E-state index in [-0.39, 0.29) is 5.56 Å². The summed E-state index contributed by atoms with van der Waals surface area (Å²) in [6.07, 6.45) is 1.71. The second-order valence-corrected chi connectivity index (χ2v) is 8.50. The van der Waals surface area contributed by atoms with Crippen molar-refractivity contribution in [1.29, 1.82) is 0 Å². The molecule has 2 aromatic carbocycles. The van der Waals surface area contributed by atoms with Crippen LogP contribution >= 0.6 is 34.5 Å². The van der Waals surface area contributed by atoms with E-state index in [1.54, 1.807) is 31.2 Å². The number of benzene rings is 2. The van der Waals surface area contributed by atoms with Gasteiger partial charge in [-0.2, -0.15) is 0 Å². The molecule has 1 aromatic heterocycles. The summed E-state index contributed by atoms with van der Waals surface area (Å²) in [5.41, 5.74) is 2.07. The van der Waals surface area contributed by atoms with Gasteiger partial charge >= 0.3 is 5.97 Å². The molecule has 1 aliphatic rings. The van der Waals surface area contributed by atoms with Gasteiger partial charge in [-0.1, -0.05) is 70.9 Å². The maximum atomic E-state index is 13.4. The highest BCUT2D eigenvalue weighted by Crippen LogP contribution is 2.30. The number of allylic oxidation sites excluding steroid dienone is 1. The third-order valence-electron chi connectivity index (χ3n) is 4.79. The van der Waals surface area contributed by atoms with Crippen molar-refractivity contribution in [3.05, 3.63) is 101 Å². The van der Waals surface area contributed by atoms with E-state index < -0.39 is 12.0 Å². The number of rotatable bonds is 3. The molecule has 1 atom stereocenters.